The summed E-state index contributed by atoms with van der Waals surface area (Å²) in [6.45, 7) is 0. The van der Waals surface area contributed by atoms with Gasteiger partial charge in [-0.3, -0.25) is 0 Å². The molecule has 0 heterocycles. The SMILES string of the molecule is C1=CC(c2ccc(-c3c4ccccc4c(-c4c5ccccc5c(-c5ccc(-c6ccccc6)cc5)c5ccccc45)c4ccccc34)cc2)=CCC1. The first-order chi connectivity index (χ1) is 25.8. The minimum Gasteiger partial charge on any atom is -0.0836 e. The number of allylic oxidation sites excluding steroid dienone is 4. The first-order valence-corrected chi connectivity index (χ1v) is 18.3. The molecule has 0 spiro atoms. The lowest BCUT2D eigenvalue weighted by Gasteiger charge is -2.22. The standard InChI is InChI=1S/C52H36/c1-3-15-35(16-4-1)37-27-31-39(32-28-37)49-41-19-7-11-23-45(41)51(46-24-12-8-20-42(46)49)52-47-25-13-9-21-43(47)50(44-22-10-14-26-48(44)52)40-33-29-38(30-34-40)36-17-5-2-6-18-36/h1,3-5,7-34H,2,6H2. The highest BCUT2D eigenvalue weighted by atomic mass is 14.2. The predicted octanol–water partition coefficient (Wildman–Crippen LogP) is 14.7. The molecule has 9 aromatic carbocycles. The van der Waals surface area contributed by atoms with Crippen molar-refractivity contribution < 1.29 is 0 Å². The van der Waals surface area contributed by atoms with Crippen molar-refractivity contribution in [1.82, 2.24) is 0 Å². The van der Waals surface area contributed by atoms with Crippen molar-refractivity contribution in [3.05, 3.63) is 200 Å². The number of fused-ring (bicyclic) bond motifs is 4. The van der Waals surface area contributed by atoms with Gasteiger partial charge in [0.25, 0.3) is 0 Å². The van der Waals surface area contributed by atoms with E-state index in [1.54, 1.807) is 0 Å². The van der Waals surface area contributed by atoms with Gasteiger partial charge in [-0.2, -0.15) is 0 Å². The van der Waals surface area contributed by atoms with Gasteiger partial charge >= 0.3 is 0 Å². The topological polar surface area (TPSA) is 0 Å². The third-order valence-electron chi connectivity index (χ3n) is 10.9. The van der Waals surface area contributed by atoms with E-state index in [2.05, 4.69) is 194 Å². The van der Waals surface area contributed by atoms with Gasteiger partial charge in [-0.15, -0.1) is 0 Å². The van der Waals surface area contributed by atoms with E-state index in [4.69, 9.17) is 0 Å². The first-order valence-electron chi connectivity index (χ1n) is 18.3. The van der Waals surface area contributed by atoms with E-state index in [1.165, 1.54) is 98.7 Å². The average Bonchev–Trinajstić information content (AvgIpc) is 3.23. The van der Waals surface area contributed by atoms with Crippen molar-refractivity contribution in [1.29, 1.82) is 0 Å². The molecular formula is C52H36. The van der Waals surface area contributed by atoms with Crippen LogP contribution in [0.15, 0.2) is 194 Å². The van der Waals surface area contributed by atoms with Gasteiger partial charge in [0.05, 0.1) is 0 Å². The zero-order chi connectivity index (χ0) is 34.4. The molecule has 0 N–H and O–H groups in total. The van der Waals surface area contributed by atoms with Gasteiger partial charge in [0, 0.05) is 0 Å². The molecule has 0 heteroatoms. The third-order valence-corrected chi connectivity index (χ3v) is 10.9. The normalized spacial score (nSPS) is 12.9. The summed E-state index contributed by atoms with van der Waals surface area (Å²) >= 11 is 0. The van der Waals surface area contributed by atoms with Gasteiger partial charge in [-0.1, -0.05) is 194 Å². The number of benzene rings is 9. The predicted molar refractivity (Wildman–Crippen MR) is 225 cm³/mol. The fourth-order valence-electron chi connectivity index (χ4n) is 8.53. The van der Waals surface area contributed by atoms with Gasteiger partial charge < -0.3 is 0 Å². The molecule has 0 atom stereocenters. The second kappa shape index (κ2) is 12.7. The maximum absolute atomic E-state index is 2.36. The van der Waals surface area contributed by atoms with Crippen molar-refractivity contribution in [2.75, 3.05) is 0 Å². The summed E-state index contributed by atoms with van der Waals surface area (Å²) in [6, 6.07) is 65.0. The molecule has 0 aromatic heterocycles. The third kappa shape index (κ3) is 4.99. The lowest BCUT2D eigenvalue weighted by molar-refractivity contribution is 1.04. The summed E-state index contributed by atoms with van der Waals surface area (Å²) in [5.74, 6) is 0. The maximum atomic E-state index is 2.36. The van der Waals surface area contributed by atoms with Crippen LogP contribution < -0.4 is 0 Å². The number of rotatable bonds is 5. The summed E-state index contributed by atoms with van der Waals surface area (Å²) in [5.41, 5.74) is 12.7. The monoisotopic (exact) mass is 660 g/mol. The minimum absolute atomic E-state index is 1.11. The van der Waals surface area contributed by atoms with Crippen molar-refractivity contribution in [2.24, 2.45) is 0 Å². The van der Waals surface area contributed by atoms with Crippen LogP contribution in [0.1, 0.15) is 18.4 Å². The van der Waals surface area contributed by atoms with Gasteiger partial charge in [0.15, 0.2) is 0 Å². The Morgan fingerprint density at radius 3 is 0.962 bits per heavy atom. The van der Waals surface area contributed by atoms with Crippen molar-refractivity contribution >= 4 is 48.7 Å². The molecular weight excluding hydrogens is 625 g/mol. The molecule has 10 rings (SSSR count). The van der Waals surface area contributed by atoms with E-state index in [0.29, 0.717) is 0 Å². The Labute approximate surface area is 304 Å². The highest BCUT2D eigenvalue weighted by molar-refractivity contribution is 6.30. The number of hydrogen-bond acceptors (Lipinski definition) is 0. The summed E-state index contributed by atoms with van der Waals surface area (Å²) in [5, 5.41) is 10.2. The molecule has 0 nitrogen and oxygen atoms in total. The van der Waals surface area contributed by atoms with Crippen LogP contribution in [-0.2, 0) is 0 Å². The molecule has 0 amide bonds. The molecule has 1 aliphatic rings. The Morgan fingerprint density at radius 2 is 0.577 bits per heavy atom. The summed E-state index contributed by atoms with van der Waals surface area (Å²) < 4.78 is 0. The molecule has 1 aliphatic carbocycles. The van der Waals surface area contributed by atoms with E-state index in [9.17, 15) is 0 Å². The van der Waals surface area contributed by atoms with Crippen LogP contribution in [0.4, 0.5) is 0 Å². The fourth-order valence-corrected chi connectivity index (χ4v) is 8.53. The Bertz CT molecular complexity index is 2740. The van der Waals surface area contributed by atoms with Crippen LogP contribution >= 0.6 is 0 Å². The van der Waals surface area contributed by atoms with Crippen LogP contribution in [0.2, 0.25) is 0 Å². The van der Waals surface area contributed by atoms with Crippen LogP contribution in [0.25, 0.3) is 93.2 Å². The summed E-state index contributed by atoms with van der Waals surface area (Å²) in [4.78, 5) is 0. The van der Waals surface area contributed by atoms with E-state index in [0.717, 1.165) is 12.8 Å². The molecule has 0 saturated carbocycles. The molecule has 244 valence electrons. The molecule has 0 fully saturated rings. The Morgan fingerprint density at radius 1 is 0.250 bits per heavy atom. The van der Waals surface area contributed by atoms with Crippen LogP contribution in [-0.4, -0.2) is 0 Å². The van der Waals surface area contributed by atoms with Crippen molar-refractivity contribution in [2.45, 2.75) is 12.8 Å². The van der Waals surface area contributed by atoms with E-state index >= 15 is 0 Å². The van der Waals surface area contributed by atoms with Crippen molar-refractivity contribution in [3.63, 3.8) is 0 Å². The van der Waals surface area contributed by atoms with E-state index in [-0.39, 0.29) is 0 Å². The molecule has 0 unspecified atom stereocenters. The fraction of sp³-hybridized carbons (Fsp3) is 0.0385. The molecule has 9 aromatic rings. The highest BCUT2D eigenvalue weighted by Crippen LogP contribution is 2.50. The van der Waals surface area contributed by atoms with Crippen LogP contribution in [0.3, 0.4) is 0 Å². The Kier molecular flexibility index (Phi) is 7.40. The van der Waals surface area contributed by atoms with Crippen LogP contribution in [0.5, 0.6) is 0 Å². The first kappa shape index (κ1) is 30.3. The molecule has 0 saturated heterocycles. The summed E-state index contributed by atoms with van der Waals surface area (Å²) in [6.07, 6.45) is 9.13. The largest absolute Gasteiger partial charge is 0.0836 e. The average molecular weight is 661 g/mol. The Hall–Kier alpha value is -6.50. The molecule has 52 heavy (non-hydrogen) atoms. The molecule has 0 bridgehead atoms. The van der Waals surface area contributed by atoms with Gasteiger partial charge in [-0.05, 0) is 112 Å². The van der Waals surface area contributed by atoms with Crippen molar-refractivity contribution in [3.8, 4) is 44.5 Å². The lowest BCUT2D eigenvalue weighted by atomic mass is 9.81. The van der Waals surface area contributed by atoms with Crippen LogP contribution in [0, 0.1) is 0 Å². The smallest absolute Gasteiger partial charge is 0.00139 e. The maximum Gasteiger partial charge on any atom is -0.00139 e. The quantitative estimate of drug-likeness (QED) is 0.161. The summed E-state index contributed by atoms with van der Waals surface area (Å²) in [7, 11) is 0. The minimum atomic E-state index is 1.11. The second-order valence-corrected chi connectivity index (χ2v) is 13.8. The van der Waals surface area contributed by atoms with Gasteiger partial charge in [0.1, 0.15) is 0 Å². The molecule has 0 aliphatic heterocycles. The molecule has 0 radical (unpaired) electrons. The zero-order valence-electron chi connectivity index (χ0n) is 28.9. The zero-order valence-corrected chi connectivity index (χ0v) is 28.9. The highest BCUT2D eigenvalue weighted by Gasteiger charge is 2.22. The second-order valence-electron chi connectivity index (χ2n) is 13.8. The van der Waals surface area contributed by atoms with Gasteiger partial charge in [-0.25, -0.2) is 0 Å². The number of hydrogen-bond donors (Lipinski definition) is 0. The lowest BCUT2D eigenvalue weighted by Crippen LogP contribution is -1.95. The van der Waals surface area contributed by atoms with Gasteiger partial charge in [0.2, 0.25) is 0 Å². The van der Waals surface area contributed by atoms with E-state index in [1.807, 2.05) is 0 Å². The van der Waals surface area contributed by atoms with E-state index < -0.39 is 0 Å². The Balaban J connectivity index is 1.24.